The zero-order chi connectivity index (χ0) is 20.1. The van der Waals surface area contributed by atoms with Crippen LogP contribution in [0, 0.1) is 29.1 Å². The number of nitrogens with one attached hydrogen (secondary N) is 2. The van der Waals surface area contributed by atoms with Crippen molar-refractivity contribution in [3.63, 3.8) is 0 Å². The lowest BCUT2D eigenvalue weighted by Gasteiger charge is -2.55. The Morgan fingerprint density at radius 3 is 1.93 bits per heavy atom. The first-order valence-electron chi connectivity index (χ1n) is 11.1. The first kappa shape index (κ1) is 19.7. The van der Waals surface area contributed by atoms with Crippen LogP contribution in [0.3, 0.4) is 0 Å². The number of hydrogen-bond acceptors (Lipinski definition) is 4. The largest absolute Gasteiger partial charge is 0.451 e. The molecule has 5 aliphatic carbocycles. The summed E-state index contributed by atoms with van der Waals surface area (Å²) >= 11 is 0. The van der Waals surface area contributed by atoms with Gasteiger partial charge < -0.3 is 15.4 Å². The Morgan fingerprint density at radius 2 is 1.46 bits per heavy atom. The summed E-state index contributed by atoms with van der Waals surface area (Å²) in [5, 5.41) is 5.88. The van der Waals surface area contributed by atoms with Gasteiger partial charge >= 0.3 is 5.97 Å². The third-order valence-electron chi connectivity index (χ3n) is 7.31. The van der Waals surface area contributed by atoms with Crippen LogP contribution in [-0.4, -0.2) is 36.0 Å². The number of esters is 1. The third kappa shape index (κ3) is 3.92. The molecule has 2 atom stereocenters. The molecule has 6 heteroatoms. The molecule has 0 aromatic heterocycles. The van der Waals surface area contributed by atoms with Gasteiger partial charge in [0.1, 0.15) is 6.04 Å². The maximum absolute atomic E-state index is 13.3. The Morgan fingerprint density at radius 1 is 0.929 bits per heavy atom. The van der Waals surface area contributed by atoms with E-state index in [9.17, 15) is 14.4 Å². The summed E-state index contributed by atoms with van der Waals surface area (Å²) < 4.78 is 5.42. The highest BCUT2D eigenvalue weighted by Gasteiger charge is 2.55. The quantitative estimate of drug-likeness (QED) is 0.654. The second-order valence-corrected chi connectivity index (χ2v) is 10.3. The highest BCUT2D eigenvalue weighted by atomic mass is 16.5. The molecule has 5 saturated carbocycles. The van der Waals surface area contributed by atoms with Crippen LogP contribution >= 0.6 is 0 Å². The van der Waals surface area contributed by atoms with Crippen LogP contribution in [0.15, 0.2) is 0 Å². The monoisotopic (exact) mass is 390 g/mol. The van der Waals surface area contributed by atoms with Gasteiger partial charge in [0.15, 0.2) is 6.10 Å². The lowest BCUT2D eigenvalue weighted by molar-refractivity contribution is -0.161. The molecule has 6 nitrogen and oxygen atoms in total. The highest BCUT2D eigenvalue weighted by Crippen LogP contribution is 2.60. The lowest BCUT2D eigenvalue weighted by atomic mass is 9.49. The van der Waals surface area contributed by atoms with Crippen LogP contribution < -0.4 is 10.6 Å². The van der Waals surface area contributed by atoms with Crippen molar-refractivity contribution in [1.29, 1.82) is 0 Å². The maximum atomic E-state index is 13.3. The minimum Gasteiger partial charge on any atom is -0.451 e. The molecule has 5 aliphatic rings. The van der Waals surface area contributed by atoms with Gasteiger partial charge in [-0.15, -0.1) is 0 Å². The number of amides is 2. The van der Waals surface area contributed by atoms with Crippen molar-refractivity contribution >= 4 is 17.8 Å². The van der Waals surface area contributed by atoms with E-state index in [0.29, 0.717) is 17.8 Å². The molecule has 156 valence electrons. The third-order valence-corrected chi connectivity index (χ3v) is 7.31. The predicted octanol–water partition coefficient (Wildman–Crippen LogP) is 2.55. The normalized spacial score (nSPS) is 35.4. The van der Waals surface area contributed by atoms with E-state index < -0.39 is 18.1 Å². The van der Waals surface area contributed by atoms with Crippen molar-refractivity contribution < 1.29 is 19.1 Å². The molecular weight excluding hydrogens is 356 g/mol. The lowest BCUT2D eigenvalue weighted by Crippen LogP contribution is -2.57. The second kappa shape index (κ2) is 7.34. The summed E-state index contributed by atoms with van der Waals surface area (Å²) in [4.78, 5) is 38.1. The van der Waals surface area contributed by atoms with Crippen LogP contribution in [0.4, 0.5) is 0 Å². The van der Waals surface area contributed by atoms with E-state index >= 15 is 0 Å². The predicted molar refractivity (Wildman–Crippen MR) is 104 cm³/mol. The van der Waals surface area contributed by atoms with Crippen molar-refractivity contribution in [2.45, 2.75) is 90.3 Å². The first-order valence-corrected chi connectivity index (χ1v) is 11.1. The number of hydrogen-bond donors (Lipinski definition) is 2. The molecular formula is C22H34N2O4. The van der Waals surface area contributed by atoms with Crippen LogP contribution in [0.25, 0.3) is 0 Å². The molecule has 0 aromatic rings. The Hall–Kier alpha value is -1.59. The summed E-state index contributed by atoms with van der Waals surface area (Å²) in [6.07, 6.45) is 7.85. The Labute approximate surface area is 167 Å². The van der Waals surface area contributed by atoms with E-state index in [0.717, 1.165) is 32.1 Å². The fourth-order valence-electron chi connectivity index (χ4n) is 6.03. The van der Waals surface area contributed by atoms with Crippen LogP contribution in [-0.2, 0) is 19.1 Å². The molecule has 0 radical (unpaired) electrons. The van der Waals surface area contributed by atoms with Crippen molar-refractivity contribution in [1.82, 2.24) is 10.6 Å². The zero-order valence-electron chi connectivity index (χ0n) is 17.3. The summed E-state index contributed by atoms with van der Waals surface area (Å²) in [7, 11) is 0. The molecule has 5 fully saturated rings. The maximum Gasteiger partial charge on any atom is 0.329 e. The number of carbonyl (C=O) groups is 3. The number of ether oxygens (including phenoxy) is 1. The van der Waals surface area contributed by atoms with Gasteiger partial charge in [-0.1, -0.05) is 13.8 Å². The first-order chi connectivity index (χ1) is 13.3. The highest BCUT2D eigenvalue weighted by molar-refractivity contribution is 5.90. The average molecular weight is 391 g/mol. The molecule has 0 heterocycles. The van der Waals surface area contributed by atoms with Gasteiger partial charge in [-0.2, -0.15) is 0 Å². The summed E-state index contributed by atoms with van der Waals surface area (Å²) in [5.41, 5.74) is -0.295. The molecule has 0 spiro atoms. The van der Waals surface area contributed by atoms with Gasteiger partial charge in [0, 0.05) is 11.5 Å². The SMILES string of the molecule is CC(C)[C@@H](NC(=O)C12CC3CC(CC(C3)C1)C2)C(=O)O[C@@H](C)C(=O)NC1CC1. The number of rotatable bonds is 7. The van der Waals surface area contributed by atoms with Crippen LogP contribution in [0.1, 0.15) is 72.1 Å². The van der Waals surface area contributed by atoms with Crippen molar-refractivity contribution in [3.05, 3.63) is 0 Å². The summed E-state index contributed by atoms with van der Waals surface area (Å²) in [6, 6.07) is -0.484. The number of carbonyl (C=O) groups excluding carboxylic acids is 3. The molecule has 0 aliphatic heterocycles. The molecule has 2 amide bonds. The fourth-order valence-corrected chi connectivity index (χ4v) is 6.03. The van der Waals surface area contributed by atoms with E-state index in [1.807, 2.05) is 13.8 Å². The zero-order valence-corrected chi connectivity index (χ0v) is 17.3. The second-order valence-electron chi connectivity index (χ2n) is 10.3. The topological polar surface area (TPSA) is 84.5 Å². The average Bonchev–Trinajstić information content (AvgIpc) is 3.41. The van der Waals surface area contributed by atoms with E-state index in [2.05, 4.69) is 10.6 Å². The molecule has 0 aromatic carbocycles. The smallest absolute Gasteiger partial charge is 0.329 e. The van der Waals surface area contributed by atoms with Crippen molar-refractivity contribution in [2.24, 2.45) is 29.1 Å². The summed E-state index contributed by atoms with van der Waals surface area (Å²) in [6.45, 7) is 5.40. The Kier molecular flexibility index (Phi) is 5.17. The van der Waals surface area contributed by atoms with Crippen LogP contribution in [0.5, 0.6) is 0 Å². The van der Waals surface area contributed by atoms with Crippen LogP contribution in [0.2, 0.25) is 0 Å². The molecule has 0 saturated heterocycles. The summed E-state index contributed by atoms with van der Waals surface area (Å²) in [5.74, 6) is 1.19. The van der Waals surface area contributed by atoms with E-state index in [-0.39, 0.29) is 29.2 Å². The molecule has 5 rings (SSSR count). The van der Waals surface area contributed by atoms with E-state index in [1.165, 1.54) is 19.3 Å². The van der Waals surface area contributed by atoms with Gasteiger partial charge in [-0.05, 0) is 82.0 Å². The minimum atomic E-state index is -0.842. The van der Waals surface area contributed by atoms with Gasteiger partial charge in [-0.3, -0.25) is 9.59 Å². The Balaban J connectivity index is 1.38. The van der Waals surface area contributed by atoms with E-state index in [1.54, 1.807) is 6.92 Å². The molecule has 4 bridgehead atoms. The molecule has 28 heavy (non-hydrogen) atoms. The van der Waals surface area contributed by atoms with Gasteiger partial charge in [0.2, 0.25) is 5.91 Å². The van der Waals surface area contributed by atoms with Crippen molar-refractivity contribution in [3.8, 4) is 0 Å². The standard InChI is InChI=1S/C22H34N2O4/c1-12(2)18(20(26)28-13(3)19(25)23-17-4-5-17)24-21(27)22-9-14-6-15(10-22)8-16(7-14)11-22/h12-18H,4-11H2,1-3H3,(H,23,25)(H,24,27)/t13-,14?,15?,16?,18+,22?/m0/s1. The minimum absolute atomic E-state index is 0.0253. The fraction of sp³-hybridized carbons (Fsp3) is 0.864. The van der Waals surface area contributed by atoms with Crippen molar-refractivity contribution in [2.75, 3.05) is 0 Å². The van der Waals surface area contributed by atoms with Gasteiger partial charge in [-0.25, -0.2) is 4.79 Å². The Bertz CT molecular complexity index is 620. The van der Waals surface area contributed by atoms with Gasteiger partial charge in [0.25, 0.3) is 5.91 Å². The van der Waals surface area contributed by atoms with E-state index in [4.69, 9.17) is 4.74 Å². The van der Waals surface area contributed by atoms with Gasteiger partial charge in [0.05, 0.1) is 0 Å². The molecule has 2 N–H and O–H groups in total. The molecule has 0 unspecified atom stereocenters.